The number of rotatable bonds is 3. The zero-order valence-electron chi connectivity index (χ0n) is 8.82. The zero-order valence-corrected chi connectivity index (χ0v) is 9.64. The van der Waals surface area contributed by atoms with Gasteiger partial charge in [0.1, 0.15) is 0 Å². The second-order valence-corrected chi connectivity index (χ2v) is 4.94. The van der Waals surface area contributed by atoms with Gasteiger partial charge in [0.2, 0.25) is 0 Å². The molecule has 1 aromatic rings. The Morgan fingerprint density at radius 2 is 1.79 bits per heavy atom. The molecule has 0 N–H and O–H groups in total. The van der Waals surface area contributed by atoms with Gasteiger partial charge in [0.05, 0.1) is 11.3 Å². The smallest absolute Gasteiger partial charge is 0.0986 e. The molecule has 1 rings (SSSR count). The zero-order chi connectivity index (χ0) is 10.6. The molecule has 0 spiro atoms. The normalized spacial score (nSPS) is 12.5. The van der Waals surface area contributed by atoms with Crippen molar-refractivity contribution in [3.8, 4) is 6.07 Å². The molecule has 2 heteroatoms. The molecule has 14 heavy (non-hydrogen) atoms. The fourth-order valence-electron chi connectivity index (χ4n) is 1.07. The van der Waals surface area contributed by atoms with E-state index in [1.165, 1.54) is 10.5 Å². The average Bonchev–Trinajstić information content (AvgIpc) is 2.16. The van der Waals surface area contributed by atoms with E-state index in [1.54, 1.807) is 11.8 Å². The highest BCUT2D eigenvalue weighted by molar-refractivity contribution is 8.00. The second-order valence-electron chi connectivity index (χ2n) is 3.72. The number of aryl methyl sites for hydroxylation is 1. The lowest BCUT2D eigenvalue weighted by Crippen LogP contribution is -2.07. The highest BCUT2D eigenvalue weighted by Crippen LogP contribution is 2.27. The van der Waals surface area contributed by atoms with Gasteiger partial charge in [-0.15, -0.1) is 11.8 Å². The lowest BCUT2D eigenvalue weighted by molar-refractivity contribution is 0.685. The molecule has 1 unspecified atom stereocenters. The summed E-state index contributed by atoms with van der Waals surface area (Å²) in [4.78, 5) is 1.18. The molecule has 0 heterocycles. The van der Waals surface area contributed by atoms with Crippen LogP contribution in [0.4, 0.5) is 0 Å². The molecule has 0 aromatic heterocycles. The van der Waals surface area contributed by atoms with Crippen molar-refractivity contribution >= 4 is 11.8 Å². The van der Waals surface area contributed by atoms with Gasteiger partial charge in [0.15, 0.2) is 0 Å². The number of thioether (sulfide) groups is 1. The molecule has 1 atom stereocenters. The van der Waals surface area contributed by atoms with E-state index in [4.69, 9.17) is 5.26 Å². The Morgan fingerprint density at radius 1 is 1.21 bits per heavy atom. The van der Waals surface area contributed by atoms with Crippen molar-refractivity contribution in [2.45, 2.75) is 30.9 Å². The second kappa shape index (κ2) is 5.07. The molecule has 74 valence electrons. The highest BCUT2D eigenvalue weighted by atomic mass is 32.2. The number of benzene rings is 1. The van der Waals surface area contributed by atoms with Crippen molar-refractivity contribution < 1.29 is 0 Å². The Labute approximate surface area is 90.1 Å². The van der Waals surface area contributed by atoms with Gasteiger partial charge in [-0.1, -0.05) is 31.5 Å². The van der Waals surface area contributed by atoms with Crippen LogP contribution in [0.1, 0.15) is 19.4 Å². The first kappa shape index (κ1) is 11.1. The monoisotopic (exact) mass is 205 g/mol. The number of hydrogen-bond donors (Lipinski definition) is 0. The Bertz CT molecular complexity index is 321. The number of nitrogens with zero attached hydrogens (tertiary/aromatic N) is 1. The first-order valence-corrected chi connectivity index (χ1v) is 5.64. The average molecular weight is 205 g/mol. The molecule has 0 aliphatic carbocycles. The van der Waals surface area contributed by atoms with Crippen molar-refractivity contribution in [1.82, 2.24) is 0 Å². The summed E-state index contributed by atoms with van der Waals surface area (Å²) < 4.78 is 0. The van der Waals surface area contributed by atoms with Gasteiger partial charge in [-0.3, -0.25) is 0 Å². The molecule has 1 aromatic carbocycles. The molecule has 0 aliphatic rings. The van der Waals surface area contributed by atoms with E-state index in [2.05, 4.69) is 51.1 Å². The molecule has 1 nitrogen and oxygen atoms in total. The first-order valence-electron chi connectivity index (χ1n) is 4.76. The highest BCUT2D eigenvalue weighted by Gasteiger charge is 2.13. The van der Waals surface area contributed by atoms with Crippen LogP contribution in [0.15, 0.2) is 29.2 Å². The fraction of sp³-hybridized carbons (Fsp3) is 0.417. The van der Waals surface area contributed by atoms with Crippen molar-refractivity contribution in [2.75, 3.05) is 0 Å². The maximum absolute atomic E-state index is 8.94. The van der Waals surface area contributed by atoms with E-state index in [0.717, 1.165) is 0 Å². The first-order chi connectivity index (χ1) is 6.63. The minimum atomic E-state index is 0.0534. The SMILES string of the molecule is Cc1ccc(SC(C#N)C(C)C)cc1. The molecule has 0 radical (unpaired) electrons. The van der Waals surface area contributed by atoms with Crippen molar-refractivity contribution in [2.24, 2.45) is 5.92 Å². The Kier molecular flexibility index (Phi) is 4.03. The van der Waals surface area contributed by atoms with Crippen molar-refractivity contribution in [1.29, 1.82) is 5.26 Å². The maximum Gasteiger partial charge on any atom is 0.0986 e. The summed E-state index contributed by atoms with van der Waals surface area (Å²) in [6, 6.07) is 10.6. The minimum Gasteiger partial charge on any atom is -0.197 e. The fourth-order valence-corrected chi connectivity index (χ4v) is 1.99. The van der Waals surface area contributed by atoms with E-state index in [0.29, 0.717) is 5.92 Å². The van der Waals surface area contributed by atoms with Crippen LogP contribution in [-0.2, 0) is 0 Å². The van der Waals surface area contributed by atoms with Gasteiger partial charge >= 0.3 is 0 Å². The lowest BCUT2D eigenvalue weighted by Gasteiger charge is -2.12. The van der Waals surface area contributed by atoms with Crippen LogP contribution in [0.3, 0.4) is 0 Å². The van der Waals surface area contributed by atoms with Gasteiger partial charge in [0.25, 0.3) is 0 Å². The van der Waals surface area contributed by atoms with Crippen LogP contribution >= 0.6 is 11.8 Å². The summed E-state index contributed by atoms with van der Waals surface area (Å²) >= 11 is 1.64. The Balaban J connectivity index is 2.69. The summed E-state index contributed by atoms with van der Waals surface area (Å²) in [5.74, 6) is 0.395. The van der Waals surface area contributed by atoms with E-state index in [1.807, 2.05) is 0 Å². The van der Waals surface area contributed by atoms with Crippen LogP contribution in [0, 0.1) is 24.2 Å². The maximum atomic E-state index is 8.94. The van der Waals surface area contributed by atoms with Crippen molar-refractivity contribution in [3.63, 3.8) is 0 Å². The van der Waals surface area contributed by atoms with Gasteiger partial charge in [-0.05, 0) is 25.0 Å². The van der Waals surface area contributed by atoms with Crippen LogP contribution in [0.5, 0.6) is 0 Å². The Morgan fingerprint density at radius 3 is 2.21 bits per heavy atom. The van der Waals surface area contributed by atoms with E-state index in [9.17, 15) is 0 Å². The van der Waals surface area contributed by atoms with Crippen LogP contribution < -0.4 is 0 Å². The molecule has 0 saturated carbocycles. The van der Waals surface area contributed by atoms with Crippen LogP contribution in [0.25, 0.3) is 0 Å². The number of hydrogen-bond acceptors (Lipinski definition) is 2. The predicted molar refractivity (Wildman–Crippen MR) is 61.3 cm³/mol. The third-order valence-electron chi connectivity index (χ3n) is 2.02. The van der Waals surface area contributed by atoms with Gasteiger partial charge in [0, 0.05) is 4.90 Å². The molecule has 0 saturated heterocycles. The standard InChI is InChI=1S/C12H15NS/c1-9(2)12(8-13)14-11-6-4-10(3)5-7-11/h4-7,9,12H,1-3H3. The molecule has 0 fully saturated rings. The summed E-state index contributed by atoms with van der Waals surface area (Å²) in [7, 11) is 0. The third-order valence-corrected chi connectivity index (χ3v) is 3.46. The molecule has 0 aliphatic heterocycles. The predicted octanol–water partition coefficient (Wildman–Crippen LogP) is 3.64. The molecular formula is C12H15NS. The quantitative estimate of drug-likeness (QED) is 0.703. The van der Waals surface area contributed by atoms with Gasteiger partial charge < -0.3 is 0 Å². The van der Waals surface area contributed by atoms with E-state index >= 15 is 0 Å². The topological polar surface area (TPSA) is 23.8 Å². The van der Waals surface area contributed by atoms with E-state index in [-0.39, 0.29) is 5.25 Å². The number of nitriles is 1. The van der Waals surface area contributed by atoms with Gasteiger partial charge in [-0.2, -0.15) is 5.26 Å². The van der Waals surface area contributed by atoms with E-state index < -0.39 is 0 Å². The van der Waals surface area contributed by atoms with Gasteiger partial charge in [-0.25, -0.2) is 0 Å². The molecular weight excluding hydrogens is 190 g/mol. The largest absolute Gasteiger partial charge is 0.197 e. The molecule has 0 bridgehead atoms. The summed E-state index contributed by atoms with van der Waals surface area (Å²) in [5.41, 5.74) is 1.26. The van der Waals surface area contributed by atoms with Crippen LogP contribution in [0.2, 0.25) is 0 Å². The Hall–Kier alpha value is -0.940. The van der Waals surface area contributed by atoms with Crippen LogP contribution in [-0.4, -0.2) is 5.25 Å². The summed E-state index contributed by atoms with van der Waals surface area (Å²) in [5, 5.41) is 8.99. The summed E-state index contributed by atoms with van der Waals surface area (Å²) in [6.45, 7) is 6.23. The lowest BCUT2D eigenvalue weighted by atomic mass is 10.1. The van der Waals surface area contributed by atoms with Crippen molar-refractivity contribution in [3.05, 3.63) is 29.8 Å². The minimum absolute atomic E-state index is 0.0534. The third kappa shape index (κ3) is 3.08. The summed E-state index contributed by atoms with van der Waals surface area (Å²) in [6.07, 6.45) is 0. The molecule has 0 amide bonds.